The van der Waals surface area contributed by atoms with E-state index in [-0.39, 0.29) is 18.6 Å². The highest BCUT2D eigenvalue weighted by Gasteiger charge is 2.15. The molecule has 4 nitrogen and oxygen atoms in total. The van der Waals surface area contributed by atoms with E-state index < -0.39 is 0 Å². The smallest absolute Gasteiger partial charge is 0.250 e. The Morgan fingerprint density at radius 3 is 2.58 bits per heavy atom. The average molecular weight is 262 g/mol. The second-order valence-electron chi connectivity index (χ2n) is 5.08. The summed E-state index contributed by atoms with van der Waals surface area (Å²) in [6.07, 6.45) is 2.18. The molecule has 0 aliphatic carbocycles. The first-order valence-electron chi connectivity index (χ1n) is 6.85. The predicted octanol–water partition coefficient (Wildman–Crippen LogP) is 2.01. The lowest BCUT2D eigenvalue weighted by atomic mass is 10.1. The topological polar surface area (TPSA) is 50.4 Å². The maximum atomic E-state index is 11.9. The van der Waals surface area contributed by atoms with Crippen LogP contribution in [0, 0.1) is 13.8 Å². The van der Waals surface area contributed by atoms with Crippen LogP contribution in [0.15, 0.2) is 18.2 Å². The minimum absolute atomic E-state index is 0.0732. The van der Waals surface area contributed by atoms with Crippen LogP contribution in [0.25, 0.3) is 0 Å². The average Bonchev–Trinajstić information content (AvgIpc) is 2.42. The summed E-state index contributed by atoms with van der Waals surface area (Å²) >= 11 is 0. The van der Waals surface area contributed by atoms with Gasteiger partial charge in [-0.25, -0.2) is 0 Å². The van der Waals surface area contributed by atoms with E-state index in [9.17, 15) is 4.79 Å². The van der Waals surface area contributed by atoms with Crippen molar-refractivity contribution >= 4 is 11.6 Å². The van der Waals surface area contributed by atoms with Gasteiger partial charge in [0.1, 0.15) is 6.61 Å². The fourth-order valence-corrected chi connectivity index (χ4v) is 2.34. The quantitative estimate of drug-likeness (QED) is 0.872. The molecule has 2 rings (SSSR count). The Morgan fingerprint density at radius 1 is 1.32 bits per heavy atom. The van der Waals surface area contributed by atoms with Gasteiger partial charge in [-0.15, -0.1) is 0 Å². The number of hydrogen-bond donors (Lipinski definition) is 2. The first kappa shape index (κ1) is 14.0. The molecule has 0 spiro atoms. The summed E-state index contributed by atoms with van der Waals surface area (Å²) in [4.78, 5) is 11.9. The number of para-hydroxylation sites is 1. The lowest BCUT2D eigenvalue weighted by molar-refractivity contribution is -0.123. The molecule has 1 aromatic carbocycles. The third-order valence-corrected chi connectivity index (χ3v) is 3.48. The second kappa shape index (κ2) is 6.68. The summed E-state index contributed by atoms with van der Waals surface area (Å²) in [7, 11) is 0. The van der Waals surface area contributed by atoms with Crippen LogP contribution in [0.4, 0.5) is 5.69 Å². The highest BCUT2D eigenvalue weighted by Crippen LogP contribution is 2.19. The normalized spacial score (nSPS) is 16.3. The summed E-state index contributed by atoms with van der Waals surface area (Å²) in [5.74, 6) is -0.0732. The Kier molecular flexibility index (Phi) is 4.93. The highest BCUT2D eigenvalue weighted by atomic mass is 16.5. The van der Waals surface area contributed by atoms with Crippen molar-refractivity contribution in [3.05, 3.63) is 29.3 Å². The van der Waals surface area contributed by atoms with Gasteiger partial charge < -0.3 is 15.4 Å². The Labute approximate surface area is 114 Å². The van der Waals surface area contributed by atoms with Gasteiger partial charge >= 0.3 is 0 Å². The van der Waals surface area contributed by atoms with Crippen molar-refractivity contribution in [1.82, 2.24) is 5.32 Å². The number of hydrogen-bond acceptors (Lipinski definition) is 3. The van der Waals surface area contributed by atoms with E-state index in [1.165, 1.54) is 0 Å². The third-order valence-electron chi connectivity index (χ3n) is 3.48. The van der Waals surface area contributed by atoms with Crippen molar-refractivity contribution in [2.45, 2.75) is 32.8 Å². The molecule has 19 heavy (non-hydrogen) atoms. The van der Waals surface area contributed by atoms with Crippen molar-refractivity contribution in [2.75, 3.05) is 25.0 Å². The molecule has 0 saturated carbocycles. The predicted molar refractivity (Wildman–Crippen MR) is 76.4 cm³/mol. The van der Waals surface area contributed by atoms with Gasteiger partial charge in [-0.05, 0) is 50.9 Å². The molecular formula is C15H22N2O2. The van der Waals surface area contributed by atoms with Gasteiger partial charge in [0.05, 0.1) is 6.10 Å². The van der Waals surface area contributed by atoms with Gasteiger partial charge in [-0.3, -0.25) is 4.79 Å². The van der Waals surface area contributed by atoms with E-state index in [4.69, 9.17) is 4.74 Å². The van der Waals surface area contributed by atoms with Gasteiger partial charge in [0, 0.05) is 5.69 Å². The molecule has 1 aromatic rings. The minimum Gasteiger partial charge on any atom is -0.368 e. The maximum Gasteiger partial charge on any atom is 0.250 e. The van der Waals surface area contributed by atoms with E-state index in [2.05, 4.69) is 10.6 Å². The molecule has 2 N–H and O–H groups in total. The highest BCUT2D eigenvalue weighted by molar-refractivity contribution is 5.93. The summed E-state index contributed by atoms with van der Waals surface area (Å²) in [5, 5.41) is 6.22. The lowest BCUT2D eigenvalue weighted by Crippen LogP contribution is -2.34. The summed E-state index contributed by atoms with van der Waals surface area (Å²) in [6, 6.07) is 5.98. The largest absolute Gasteiger partial charge is 0.368 e. The summed E-state index contributed by atoms with van der Waals surface area (Å²) in [5.41, 5.74) is 3.06. The number of carbonyl (C=O) groups excluding carboxylic acids is 1. The molecule has 0 bridgehead atoms. The summed E-state index contributed by atoms with van der Waals surface area (Å²) < 4.78 is 5.64. The number of nitrogens with one attached hydrogen (secondary N) is 2. The molecule has 4 heteroatoms. The number of piperidine rings is 1. The first-order chi connectivity index (χ1) is 9.16. The molecule has 0 aromatic heterocycles. The van der Waals surface area contributed by atoms with Gasteiger partial charge in [0.15, 0.2) is 0 Å². The SMILES string of the molecule is Cc1cccc(C)c1NC(=O)COC1CCNCC1. The summed E-state index contributed by atoms with van der Waals surface area (Å²) in [6.45, 7) is 6.08. The molecule has 0 unspecified atom stereocenters. The van der Waals surface area contributed by atoms with E-state index in [1.54, 1.807) is 0 Å². The van der Waals surface area contributed by atoms with E-state index >= 15 is 0 Å². The van der Waals surface area contributed by atoms with Crippen LogP contribution in [0.1, 0.15) is 24.0 Å². The Morgan fingerprint density at radius 2 is 1.95 bits per heavy atom. The number of rotatable bonds is 4. The lowest BCUT2D eigenvalue weighted by Gasteiger charge is -2.22. The van der Waals surface area contributed by atoms with Gasteiger partial charge in [0.2, 0.25) is 5.91 Å². The Bertz CT molecular complexity index is 420. The van der Waals surface area contributed by atoms with E-state index in [0.717, 1.165) is 42.7 Å². The monoisotopic (exact) mass is 262 g/mol. The Hall–Kier alpha value is -1.39. The zero-order chi connectivity index (χ0) is 13.7. The van der Waals surface area contributed by atoms with Crippen LogP contribution in [0.3, 0.4) is 0 Å². The number of carbonyl (C=O) groups is 1. The molecule has 1 aliphatic rings. The Balaban J connectivity index is 1.83. The maximum absolute atomic E-state index is 11.9. The van der Waals surface area contributed by atoms with E-state index in [0.29, 0.717) is 0 Å². The van der Waals surface area contributed by atoms with Crippen molar-refractivity contribution in [1.29, 1.82) is 0 Å². The molecule has 1 amide bonds. The van der Waals surface area contributed by atoms with Crippen LogP contribution < -0.4 is 10.6 Å². The number of aryl methyl sites for hydroxylation is 2. The number of ether oxygens (including phenoxy) is 1. The number of benzene rings is 1. The zero-order valence-electron chi connectivity index (χ0n) is 11.7. The van der Waals surface area contributed by atoms with Crippen molar-refractivity contribution in [3.63, 3.8) is 0 Å². The molecule has 0 radical (unpaired) electrons. The molecular weight excluding hydrogens is 240 g/mol. The second-order valence-corrected chi connectivity index (χ2v) is 5.08. The first-order valence-corrected chi connectivity index (χ1v) is 6.85. The molecule has 1 fully saturated rings. The van der Waals surface area contributed by atoms with Crippen LogP contribution in [0.2, 0.25) is 0 Å². The van der Waals surface area contributed by atoms with Crippen LogP contribution in [0.5, 0.6) is 0 Å². The molecule has 104 valence electrons. The van der Waals surface area contributed by atoms with Crippen molar-refractivity contribution in [3.8, 4) is 0 Å². The van der Waals surface area contributed by atoms with Gasteiger partial charge in [-0.2, -0.15) is 0 Å². The number of anilines is 1. The zero-order valence-corrected chi connectivity index (χ0v) is 11.7. The molecule has 1 heterocycles. The van der Waals surface area contributed by atoms with Crippen LogP contribution in [-0.2, 0) is 9.53 Å². The fourth-order valence-electron chi connectivity index (χ4n) is 2.34. The molecule has 1 saturated heterocycles. The third kappa shape index (κ3) is 4.04. The number of amides is 1. The van der Waals surface area contributed by atoms with Gasteiger partial charge in [0.25, 0.3) is 0 Å². The minimum atomic E-state index is -0.0732. The van der Waals surface area contributed by atoms with Crippen molar-refractivity contribution in [2.24, 2.45) is 0 Å². The van der Waals surface area contributed by atoms with Crippen LogP contribution in [-0.4, -0.2) is 31.7 Å². The standard InChI is InChI=1S/C15H22N2O2/c1-11-4-3-5-12(2)15(11)17-14(18)10-19-13-6-8-16-9-7-13/h3-5,13,16H,6-10H2,1-2H3,(H,17,18). The van der Waals surface area contributed by atoms with Crippen molar-refractivity contribution < 1.29 is 9.53 Å². The molecule has 1 aliphatic heterocycles. The van der Waals surface area contributed by atoms with Crippen LogP contribution >= 0.6 is 0 Å². The van der Waals surface area contributed by atoms with Gasteiger partial charge in [-0.1, -0.05) is 18.2 Å². The molecule has 0 atom stereocenters. The fraction of sp³-hybridized carbons (Fsp3) is 0.533. The van der Waals surface area contributed by atoms with E-state index in [1.807, 2.05) is 32.0 Å².